The highest BCUT2D eigenvalue weighted by Crippen LogP contribution is 2.00. The molecule has 0 aliphatic heterocycles. The van der Waals surface area contributed by atoms with Gasteiger partial charge < -0.3 is 4.90 Å². The van der Waals surface area contributed by atoms with Crippen LogP contribution in [0, 0.1) is 3.57 Å². The third-order valence-corrected chi connectivity index (χ3v) is 1.94. The fraction of sp³-hybridized carbons (Fsp3) is 0.571. The smallest absolute Gasteiger partial charge is 0.0623 e. The molecule has 0 aromatic carbocycles. The van der Waals surface area contributed by atoms with Crippen LogP contribution in [-0.2, 0) is 6.54 Å². The molecule has 1 heterocycles. The van der Waals surface area contributed by atoms with E-state index in [4.69, 9.17) is 0 Å². The molecule has 3 nitrogen and oxygen atoms in total. The second-order valence-electron chi connectivity index (χ2n) is 2.72. The monoisotopic (exact) mass is 301 g/mol. The molecule has 0 spiro atoms. The quantitative estimate of drug-likeness (QED) is 0.789. The lowest BCUT2D eigenvalue weighted by molar-refractivity contribution is 0.373. The van der Waals surface area contributed by atoms with E-state index < -0.39 is 0 Å². The Kier molecular flexibility index (Phi) is 5.86. The number of hydrogen-bond acceptors (Lipinski definition) is 2. The lowest BCUT2D eigenvalue weighted by atomic mass is 10.6. The highest BCUT2D eigenvalue weighted by molar-refractivity contribution is 14.1. The predicted octanol–water partition coefficient (Wildman–Crippen LogP) is 1.47. The molecule has 1 rings (SSSR count). The summed E-state index contributed by atoms with van der Waals surface area (Å²) in [6.45, 7) is 2.01. The molecular weight excluding hydrogens is 288 g/mol. The molecule has 1 aromatic heterocycles. The average molecular weight is 302 g/mol. The van der Waals surface area contributed by atoms with E-state index >= 15 is 0 Å². The van der Waals surface area contributed by atoms with Crippen LogP contribution >= 0.6 is 35.0 Å². The molecule has 70 valence electrons. The molecule has 0 aliphatic carbocycles. The van der Waals surface area contributed by atoms with Gasteiger partial charge in [-0.25, -0.2) is 0 Å². The molecule has 0 unspecified atom stereocenters. The van der Waals surface area contributed by atoms with E-state index in [0.717, 1.165) is 13.1 Å². The van der Waals surface area contributed by atoms with Crippen LogP contribution in [0.25, 0.3) is 0 Å². The van der Waals surface area contributed by atoms with E-state index in [1.165, 1.54) is 3.57 Å². The molecule has 5 heteroatoms. The van der Waals surface area contributed by atoms with Crippen molar-refractivity contribution in [2.45, 2.75) is 6.54 Å². The maximum atomic E-state index is 4.17. The van der Waals surface area contributed by atoms with E-state index in [9.17, 15) is 0 Å². The van der Waals surface area contributed by atoms with Crippen LogP contribution in [0.5, 0.6) is 0 Å². The minimum absolute atomic E-state index is 0. The summed E-state index contributed by atoms with van der Waals surface area (Å²) in [6, 6.07) is 0. The van der Waals surface area contributed by atoms with E-state index in [0.29, 0.717) is 0 Å². The van der Waals surface area contributed by atoms with Gasteiger partial charge in [0.05, 0.1) is 16.3 Å². The van der Waals surface area contributed by atoms with Crippen LogP contribution in [0.15, 0.2) is 12.4 Å². The average Bonchev–Trinajstić information content (AvgIpc) is 2.31. The Morgan fingerprint density at radius 3 is 2.67 bits per heavy atom. The molecule has 0 radical (unpaired) electrons. The first-order valence-electron chi connectivity index (χ1n) is 3.51. The molecule has 0 amide bonds. The van der Waals surface area contributed by atoms with E-state index in [1.54, 1.807) is 0 Å². The van der Waals surface area contributed by atoms with Crippen molar-refractivity contribution in [3.63, 3.8) is 0 Å². The van der Waals surface area contributed by atoms with E-state index in [1.807, 2.05) is 17.1 Å². The van der Waals surface area contributed by atoms with Crippen LogP contribution in [-0.4, -0.2) is 35.3 Å². The van der Waals surface area contributed by atoms with Gasteiger partial charge in [-0.05, 0) is 36.7 Å². The number of aromatic nitrogens is 2. The van der Waals surface area contributed by atoms with Crippen molar-refractivity contribution in [3.05, 3.63) is 16.0 Å². The highest BCUT2D eigenvalue weighted by atomic mass is 127. The van der Waals surface area contributed by atoms with Gasteiger partial charge in [-0.2, -0.15) is 5.10 Å². The van der Waals surface area contributed by atoms with Gasteiger partial charge >= 0.3 is 0 Å². The molecule has 1 aromatic rings. The van der Waals surface area contributed by atoms with Crippen LogP contribution in [0.3, 0.4) is 0 Å². The Bertz CT molecular complexity index is 224. The van der Waals surface area contributed by atoms with Crippen LogP contribution in [0.1, 0.15) is 0 Å². The SMILES string of the molecule is CN(C)CCn1cc(I)cn1.Cl. The summed E-state index contributed by atoms with van der Waals surface area (Å²) in [6.07, 6.45) is 3.92. The summed E-state index contributed by atoms with van der Waals surface area (Å²) in [5, 5.41) is 4.17. The van der Waals surface area contributed by atoms with Gasteiger partial charge in [0.15, 0.2) is 0 Å². The fourth-order valence-electron chi connectivity index (χ4n) is 0.763. The predicted molar refractivity (Wildman–Crippen MR) is 60.7 cm³/mol. The zero-order chi connectivity index (χ0) is 8.27. The number of rotatable bonds is 3. The molecule has 0 aliphatic rings. The van der Waals surface area contributed by atoms with Crippen LogP contribution in [0.2, 0.25) is 0 Å². The molecule has 0 fully saturated rings. The van der Waals surface area contributed by atoms with Crippen LogP contribution < -0.4 is 0 Å². The topological polar surface area (TPSA) is 21.1 Å². The molecule has 0 bridgehead atoms. The van der Waals surface area contributed by atoms with Gasteiger partial charge in [-0.3, -0.25) is 4.68 Å². The normalized spacial score (nSPS) is 10.0. The zero-order valence-electron chi connectivity index (χ0n) is 7.20. The van der Waals surface area contributed by atoms with Gasteiger partial charge in [0.25, 0.3) is 0 Å². The summed E-state index contributed by atoms with van der Waals surface area (Å²) in [5.74, 6) is 0. The minimum Gasteiger partial charge on any atom is -0.308 e. The van der Waals surface area contributed by atoms with Crippen molar-refractivity contribution in [3.8, 4) is 0 Å². The maximum Gasteiger partial charge on any atom is 0.0623 e. The first kappa shape index (κ1) is 12.2. The molecule has 0 saturated heterocycles. The first-order valence-corrected chi connectivity index (χ1v) is 4.59. The van der Waals surface area contributed by atoms with E-state index in [2.05, 4.69) is 46.7 Å². The molecule has 0 N–H and O–H groups in total. The fourth-order valence-corrected chi connectivity index (χ4v) is 1.21. The second kappa shape index (κ2) is 5.77. The Balaban J connectivity index is 0.00000121. The molecular formula is C7H13ClIN3. The third-order valence-electron chi connectivity index (χ3n) is 1.38. The highest BCUT2D eigenvalue weighted by Gasteiger charge is 1.94. The van der Waals surface area contributed by atoms with Gasteiger partial charge in [-0.1, -0.05) is 0 Å². The Hall–Kier alpha value is 0.190. The van der Waals surface area contributed by atoms with Crippen molar-refractivity contribution >= 4 is 35.0 Å². The summed E-state index contributed by atoms with van der Waals surface area (Å²) in [5.41, 5.74) is 0. The number of nitrogens with zero attached hydrogens (tertiary/aromatic N) is 3. The Morgan fingerprint density at radius 2 is 2.25 bits per heavy atom. The van der Waals surface area contributed by atoms with Gasteiger partial charge in [-0.15, -0.1) is 12.4 Å². The summed E-state index contributed by atoms with van der Waals surface area (Å²) < 4.78 is 3.16. The maximum absolute atomic E-state index is 4.17. The third kappa shape index (κ3) is 4.27. The molecule has 0 atom stereocenters. The van der Waals surface area contributed by atoms with Crippen molar-refractivity contribution in [1.29, 1.82) is 0 Å². The van der Waals surface area contributed by atoms with Gasteiger partial charge in [0.2, 0.25) is 0 Å². The summed E-state index contributed by atoms with van der Waals surface area (Å²) in [4.78, 5) is 2.15. The molecule has 12 heavy (non-hydrogen) atoms. The van der Waals surface area contributed by atoms with Gasteiger partial charge in [0.1, 0.15) is 0 Å². The van der Waals surface area contributed by atoms with Crippen molar-refractivity contribution in [1.82, 2.24) is 14.7 Å². The first-order chi connectivity index (χ1) is 5.18. The largest absolute Gasteiger partial charge is 0.308 e. The zero-order valence-corrected chi connectivity index (χ0v) is 10.2. The Morgan fingerprint density at radius 1 is 1.58 bits per heavy atom. The van der Waals surface area contributed by atoms with Crippen molar-refractivity contribution in [2.75, 3.05) is 20.6 Å². The van der Waals surface area contributed by atoms with Gasteiger partial charge in [0, 0.05) is 12.7 Å². The number of halogens is 2. The van der Waals surface area contributed by atoms with Crippen LogP contribution in [0.4, 0.5) is 0 Å². The van der Waals surface area contributed by atoms with Crippen molar-refractivity contribution < 1.29 is 0 Å². The summed E-state index contributed by atoms with van der Waals surface area (Å²) >= 11 is 2.26. The lowest BCUT2D eigenvalue weighted by Crippen LogP contribution is -2.18. The van der Waals surface area contributed by atoms with Crippen molar-refractivity contribution in [2.24, 2.45) is 0 Å². The summed E-state index contributed by atoms with van der Waals surface area (Å²) in [7, 11) is 4.13. The Labute approximate surface area is 92.7 Å². The second-order valence-corrected chi connectivity index (χ2v) is 3.97. The minimum atomic E-state index is 0. The lowest BCUT2D eigenvalue weighted by Gasteiger charge is -2.08. The number of hydrogen-bond donors (Lipinski definition) is 0. The molecule has 0 saturated carbocycles. The van der Waals surface area contributed by atoms with E-state index in [-0.39, 0.29) is 12.4 Å². The number of likely N-dealkylation sites (N-methyl/N-ethyl adjacent to an activating group) is 1. The standard InChI is InChI=1S/C7H12IN3.ClH/c1-10(2)3-4-11-6-7(8)5-9-11;/h5-6H,3-4H2,1-2H3;1H.